The number of methoxy groups -OCH3 is 1. The number of benzene rings is 1. The Bertz CT molecular complexity index is 462. The Morgan fingerprint density at radius 1 is 1.11 bits per heavy atom. The first kappa shape index (κ1) is 15.0. The average Bonchev–Trinajstić information content (AvgIpc) is 2.35. The lowest BCUT2D eigenvalue weighted by Gasteiger charge is -2.17. The van der Waals surface area contributed by atoms with E-state index in [2.05, 4.69) is 0 Å². The second kappa shape index (κ2) is 6.78. The fourth-order valence-corrected chi connectivity index (χ4v) is 1.25. The minimum atomic E-state index is -0.281. The minimum Gasteiger partial charge on any atom is -0.497 e. The van der Waals surface area contributed by atoms with E-state index in [1.807, 2.05) is 45.0 Å². The van der Waals surface area contributed by atoms with Crippen molar-refractivity contribution in [3.8, 4) is 5.75 Å². The van der Waals surface area contributed by atoms with Crippen LogP contribution < -0.4 is 4.74 Å². The molecule has 0 spiro atoms. The molecule has 0 heterocycles. The van der Waals surface area contributed by atoms with Crippen LogP contribution in [-0.2, 0) is 9.53 Å². The number of allylic oxidation sites excluding steroid dienone is 2. The van der Waals surface area contributed by atoms with Crippen molar-refractivity contribution in [3.05, 3.63) is 48.2 Å². The molecule has 0 aliphatic rings. The van der Waals surface area contributed by atoms with E-state index in [1.54, 1.807) is 13.2 Å². The van der Waals surface area contributed by atoms with Gasteiger partial charge in [-0.05, 0) is 44.5 Å². The van der Waals surface area contributed by atoms with Crippen molar-refractivity contribution in [1.29, 1.82) is 0 Å². The van der Waals surface area contributed by atoms with Crippen LogP contribution in [0.15, 0.2) is 42.7 Å². The van der Waals surface area contributed by atoms with Crippen molar-refractivity contribution in [2.24, 2.45) is 0 Å². The summed E-state index contributed by atoms with van der Waals surface area (Å²) < 4.78 is 10.4. The molecule has 19 heavy (non-hydrogen) atoms. The third-order valence-corrected chi connectivity index (χ3v) is 2.21. The topological polar surface area (TPSA) is 35.5 Å². The predicted octanol–water partition coefficient (Wildman–Crippen LogP) is 3.61. The maximum Gasteiger partial charge on any atom is 0.181 e. The van der Waals surface area contributed by atoms with E-state index in [-0.39, 0.29) is 11.4 Å². The smallest absolute Gasteiger partial charge is 0.181 e. The monoisotopic (exact) mass is 260 g/mol. The molecule has 0 saturated heterocycles. The number of hydrogen-bond donors (Lipinski definition) is 0. The second-order valence-electron chi connectivity index (χ2n) is 5.04. The van der Waals surface area contributed by atoms with Gasteiger partial charge in [0.2, 0.25) is 0 Å². The van der Waals surface area contributed by atoms with Gasteiger partial charge in [-0.2, -0.15) is 0 Å². The highest BCUT2D eigenvalue weighted by Gasteiger charge is 2.07. The SMILES string of the molecule is COc1ccc(/C=C/C(=O)/C=C/OC(C)(C)C)cc1. The van der Waals surface area contributed by atoms with Crippen LogP contribution in [0.5, 0.6) is 5.75 Å². The first-order valence-corrected chi connectivity index (χ1v) is 6.11. The highest BCUT2D eigenvalue weighted by atomic mass is 16.5. The largest absolute Gasteiger partial charge is 0.497 e. The molecule has 0 bridgehead atoms. The predicted molar refractivity (Wildman–Crippen MR) is 77.0 cm³/mol. The Labute approximate surface area is 114 Å². The molecule has 0 aromatic heterocycles. The van der Waals surface area contributed by atoms with E-state index in [9.17, 15) is 4.79 Å². The quantitative estimate of drug-likeness (QED) is 0.599. The molecule has 0 radical (unpaired) electrons. The van der Waals surface area contributed by atoms with Gasteiger partial charge < -0.3 is 9.47 Å². The van der Waals surface area contributed by atoms with Crippen molar-refractivity contribution in [1.82, 2.24) is 0 Å². The summed E-state index contributed by atoms with van der Waals surface area (Å²) in [4.78, 5) is 11.5. The van der Waals surface area contributed by atoms with Crippen LogP contribution in [0.4, 0.5) is 0 Å². The Morgan fingerprint density at radius 3 is 2.26 bits per heavy atom. The van der Waals surface area contributed by atoms with Gasteiger partial charge in [0.05, 0.1) is 19.0 Å². The van der Waals surface area contributed by atoms with Crippen molar-refractivity contribution in [2.75, 3.05) is 7.11 Å². The molecule has 1 aromatic rings. The molecule has 0 unspecified atom stereocenters. The van der Waals surface area contributed by atoms with Gasteiger partial charge in [0.1, 0.15) is 5.75 Å². The highest BCUT2D eigenvalue weighted by Crippen LogP contribution is 2.12. The Morgan fingerprint density at radius 2 is 1.74 bits per heavy atom. The summed E-state index contributed by atoms with van der Waals surface area (Å²) in [6, 6.07) is 7.47. The van der Waals surface area contributed by atoms with Crippen LogP contribution in [0.2, 0.25) is 0 Å². The number of carbonyl (C=O) groups excluding carboxylic acids is 1. The van der Waals surface area contributed by atoms with Crippen LogP contribution in [0.25, 0.3) is 6.08 Å². The molecule has 0 aliphatic carbocycles. The average molecular weight is 260 g/mol. The van der Waals surface area contributed by atoms with Crippen LogP contribution in [-0.4, -0.2) is 18.5 Å². The minimum absolute atomic E-state index is 0.111. The van der Waals surface area contributed by atoms with Gasteiger partial charge in [0, 0.05) is 6.08 Å². The van der Waals surface area contributed by atoms with Gasteiger partial charge in [-0.3, -0.25) is 4.79 Å². The summed E-state index contributed by atoms with van der Waals surface area (Å²) in [7, 11) is 1.62. The molecule has 0 atom stereocenters. The zero-order chi connectivity index (χ0) is 14.3. The summed E-state index contributed by atoms with van der Waals surface area (Å²) in [6.07, 6.45) is 6.10. The standard InChI is InChI=1S/C16H20O3/c1-16(2,3)19-12-11-14(17)8-5-13-6-9-15(18-4)10-7-13/h5-12H,1-4H3/b8-5+,12-11+. The lowest BCUT2D eigenvalue weighted by Crippen LogP contribution is -2.15. The lowest BCUT2D eigenvalue weighted by atomic mass is 10.2. The number of rotatable bonds is 5. The zero-order valence-electron chi connectivity index (χ0n) is 11.8. The summed E-state index contributed by atoms with van der Waals surface area (Å²) >= 11 is 0. The Kier molecular flexibility index (Phi) is 5.37. The fourth-order valence-electron chi connectivity index (χ4n) is 1.25. The van der Waals surface area contributed by atoms with Gasteiger partial charge in [0.15, 0.2) is 5.78 Å². The molecule has 3 heteroatoms. The van der Waals surface area contributed by atoms with Crippen LogP contribution >= 0.6 is 0 Å². The maximum atomic E-state index is 11.5. The summed E-state index contributed by atoms with van der Waals surface area (Å²) in [5.74, 6) is 0.682. The Hall–Kier alpha value is -2.03. The summed E-state index contributed by atoms with van der Waals surface area (Å²) in [5, 5.41) is 0. The molecule has 102 valence electrons. The van der Waals surface area contributed by atoms with Gasteiger partial charge in [-0.15, -0.1) is 0 Å². The maximum absolute atomic E-state index is 11.5. The summed E-state index contributed by atoms with van der Waals surface area (Å²) in [5.41, 5.74) is 0.663. The molecule has 1 rings (SSSR count). The number of ketones is 1. The van der Waals surface area contributed by atoms with E-state index < -0.39 is 0 Å². The van der Waals surface area contributed by atoms with Crippen molar-refractivity contribution in [3.63, 3.8) is 0 Å². The van der Waals surface area contributed by atoms with Crippen LogP contribution in [0, 0.1) is 0 Å². The van der Waals surface area contributed by atoms with Crippen LogP contribution in [0.3, 0.4) is 0 Å². The van der Waals surface area contributed by atoms with Gasteiger partial charge in [-0.25, -0.2) is 0 Å². The van der Waals surface area contributed by atoms with Gasteiger partial charge in [0.25, 0.3) is 0 Å². The van der Waals surface area contributed by atoms with Gasteiger partial charge in [-0.1, -0.05) is 18.2 Å². The van der Waals surface area contributed by atoms with Crippen LogP contribution in [0.1, 0.15) is 26.3 Å². The zero-order valence-corrected chi connectivity index (χ0v) is 11.8. The van der Waals surface area contributed by atoms with E-state index in [1.165, 1.54) is 18.4 Å². The molecule has 0 N–H and O–H groups in total. The van der Waals surface area contributed by atoms with Gasteiger partial charge >= 0.3 is 0 Å². The molecule has 0 fully saturated rings. The first-order chi connectivity index (χ1) is 8.90. The second-order valence-corrected chi connectivity index (χ2v) is 5.04. The number of ether oxygens (including phenoxy) is 2. The molecule has 0 amide bonds. The van der Waals surface area contributed by atoms with Crippen molar-refractivity contribution < 1.29 is 14.3 Å². The molecule has 3 nitrogen and oxygen atoms in total. The van der Waals surface area contributed by atoms with E-state index in [0.717, 1.165) is 11.3 Å². The Balaban J connectivity index is 2.53. The first-order valence-electron chi connectivity index (χ1n) is 6.11. The van der Waals surface area contributed by atoms with Crippen molar-refractivity contribution >= 4 is 11.9 Å². The molecular weight excluding hydrogens is 240 g/mol. The number of carbonyl (C=O) groups is 1. The van der Waals surface area contributed by atoms with E-state index in [0.29, 0.717) is 0 Å². The normalized spacial score (nSPS) is 12.0. The highest BCUT2D eigenvalue weighted by molar-refractivity contribution is 6.01. The summed E-state index contributed by atoms with van der Waals surface area (Å²) in [6.45, 7) is 5.78. The molecule has 0 aliphatic heterocycles. The number of hydrogen-bond acceptors (Lipinski definition) is 3. The van der Waals surface area contributed by atoms with E-state index in [4.69, 9.17) is 9.47 Å². The third kappa shape index (κ3) is 6.46. The molecular formula is C16H20O3. The van der Waals surface area contributed by atoms with Crippen molar-refractivity contribution in [2.45, 2.75) is 26.4 Å². The molecule has 1 aromatic carbocycles. The van der Waals surface area contributed by atoms with E-state index >= 15 is 0 Å². The molecule has 0 saturated carbocycles. The lowest BCUT2D eigenvalue weighted by molar-refractivity contribution is -0.110. The third-order valence-electron chi connectivity index (χ3n) is 2.21. The fraction of sp³-hybridized carbons (Fsp3) is 0.312.